The lowest BCUT2D eigenvalue weighted by Gasteiger charge is -2.09. The third kappa shape index (κ3) is 4.84. The molecule has 1 rings (SSSR count). The van der Waals surface area contributed by atoms with Crippen LogP contribution >= 0.6 is 0 Å². The highest BCUT2D eigenvalue weighted by atomic mass is 32.2. The number of aromatic nitrogens is 1. The molecule has 0 saturated heterocycles. The van der Waals surface area contributed by atoms with Crippen LogP contribution in [0.4, 0.5) is 5.82 Å². The maximum Gasteiger partial charge on any atom is 0.255 e. The van der Waals surface area contributed by atoms with Crippen molar-refractivity contribution in [3.05, 3.63) is 23.9 Å². The van der Waals surface area contributed by atoms with Gasteiger partial charge in [0.1, 0.15) is 5.82 Å². The number of hydrogen-bond acceptors (Lipinski definition) is 5. The molecule has 19 heavy (non-hydrogen) atoms. The minimum Gasteiger partial charge on any atom is -0.370 e. The molecule has 0 aliphatic heterocycles. The Kier molecular flexibility index (Phi) is 5.71. The third-order valence-electron chi connectivity index (χ3n) is 2.36. The van der Waals surface area contributed by atoms with Crippen LogP contribution in [0.3, 0.4) is 0 Å². The van der Waals surface area contributed by atoms with E-state index >= 15 is 0 Å². The zero-order valence-electron chi connectivity index (χ0n) is 10.9. The van der Waals surface area contributed by atoms with Crippen LogP contribution in [0.25, 0.3) is 0 Å². The molecule has 0 spiro atoms. The third-order valence-corrected chi connectivity index (χ3v) is 3.73. The van der Waals surface area contributed by atoms with E-state index in [0.29, 0.717) is 17.9 Å². The molecule has 1 amide bonds. The second kappa shape index (κ2) is 7.05. The van der Waals surface area contributed by atoms with Gasteiger partial charge >= 0.3 is 0 Å². The Bertz CT molecular complexity index is 530. The monoisotopic (exact) mass is 286 g/mol. The normalized spacial score (nSPS) is 11.1. The fraction of sp³-hybridized carbons (Fsp3) is 0.455. The summed E-state index contributed by atoms with van der Waals surface area (Å²) in [4.78, 5) is 16.0. The van der Waals surface area contributed by atoms with Gasteiger partial charge in [0, 0.05) is 19.3 Å². The van der Waals surface area contributed by atoms with Crippen molar-refractivity contribution in [2.24, 2.45) is 0 Å². The predicted octanol–water partition coefficient (Wildman–Crippen LogP) is -0.208. The molecule has 0 radical (unpaired) electrons. The molecule has 3 N–H and O–H groups in total. The molecule has 0 atom stereocenters. The Morgan fingerprint density at radius 1 is 1.42 bits per heavy atom. The van der Waals surface area contributed by atoms with Crippen LogP contribution in [0.15, 0.2) is 18.3 Å². The van der Waals surface area contributed by atoms with E-state index in [1.54, 1.807) is 18.3 Å². The van der Waals surface area contributed by atoms with Crippen LogP contribution in [0.1, 0.15) is 17.3 Å². The molecule has 0 aliphatic carbocycles. The molecule has 8 heteroatoms. The minimum atomic E-state index is -3.31. The molecule has 0 bridgehead atoms. The number of carbonyl (C=O) groups is 1. The number of sulfonamides is 1. The summed E-state index contributed by atoms with van der Waals surface area (Å²) in [7, 11) is -1.98. The Hall–Kier alpha value is -1.67. The van der Waals surface area contributed by atoms with Crippen LogP contribution in [-0.4, -0.2) is 45.2 Å². The summed E-state index contributed by atoms with van der Waals surface area (Å²) in [5.41, 5.74) is 0.395. The summed E-state index contributed by atoms with van der Waals surface area (Å²) in [6.45, 7) is 2.59. The smallest absolute Gasteiger partial charge is 0.255 e. The molecular weight excluding hydrogens is 268 g/mol. The molecule has 0 aromatic carbocycles. The van der Waals surface area contributed by atoms with Crippen LogP contribution < -0.4 is 15.4 Å². The van der Waals surface area contributed by atoms with E-state index in [-0.39, 0.29) is 18.2 Å². The van der Waals surface area contributed by atoms with E-state index < -0.39 is 10.0 Å². The van der Waals surface area contributed by atoms with Gasteiger partial charge in [0.2, 0.25) is 10.0 Å². The zero-order valence-corrected chi connectivity index (χ0v) is 11.8. The predicted molar refractivity (Wildman–Crippen MR) is 73.6 cm³/mol. The molecule has 0 unspecified atom stereocenters. The van der Waals surface area contributed by atoms with Gasteiger partial charge in [-0.3, -0.25) is 4.79 Å². The largest absolute Gasteiger partial charge is 0.370 e. The minimum absolute atomic E-state index is 0.0441. The van der Waals surface area contributed by atoms with E-state index in [1.165, 1.54) is 7.05 Å². The van der Waals surface area contributed by atoms with E-state index in [0.717, 1.165) is 0 Å². The second-order valence-corrected chi connectivity index (χ2v) is 5.75. The van der Waals surface area contributed by atoms with Gasteiger partial charge in [0.25, 0.3) is 5.91 Å². The van der Waals surface area contributed by atoms with Gasteiger partial charge in [-0.2, -0.15) is 0 Å². The van der Waals surface area contributed by atoms with Crippen molar-refractivity contribution in [3.8, 4) is 0 Å². The lowest BCUT2D eigenvalue weighted by atomic mass is 10.2. The average Bonchev–Trinajstić information content (AvgIpc) is 2.39. The van der Waals surface area contributed by atoms with Crippen molar-refractivity contribution >= 4 is 21.7 Å². The molecule has 0 fully saturated rings. The maximum atomic E-state index is 11.9. The second-order valence-electron chi connectivity index (χ2n) is 3.71. The van der Waals surface area contributed by atoms with Crippen LogP contribution in [-0.2, 0) is 10.0 Å². The molecular formula is C11H18N4O3S. The number of carbonyl (C=O) groups excluding carboxylic acids is 1. The standard InChI is InChI=1S/C11H18N4O3S/c1-3-13-10-9(5-4-6-14-10)11(16)15-7-8-19(17,18)12-2/h4-6,12H,3,7-8H2,1-2H3,(H,13,14)(H,15,16). The number of rotatable bonds is 7. The highest BCUT2D eigenvalue weighted by Gasteiger charge is 2.13. The van der Waals surface area contributed by atoms with Gasteiger partial charge in [-0.05, 0) is 26.1 Å². The van der Waals surface area contributed by atoms with Crippen molar-refractivity contribution in [2.75, 3.05) is 31.2 Å². The van der Waals surface area contributed by atoms with E-state index in [2.05, 4.69) is 20.3 Å². The summed E-state index contributed by atoms with van der Waals surface area (Å²) in [6, 6.07) is 3.28. The number of anilines is 1. The molecule has 7 nitrogen and oxygen atoms in total. The first-order chi connectivity index (χ1) is 9.00. The van der Waals surface area contributed by atoms with Crippen LogP contribution in [0.5, 0.6) is 0 Å². The van der Waals surface area contributed by atoms with Gasteiger partial charge in [-0.1, -0.05) is 0 Å². The fourth-order valence-corrected chi connectivity index (χ4v) is 1.97. The summed E-state index contributed by atoms with van der Waals surface area (Å²) in [5, 5.41) is 5.52. The average molecular weight is 286 g/mol. The first kappa shape index (κ1) is 15.4. The summed E-state index contributed by atoms with van der Waals surface area (Å²) in [6.07, 6.45) is 1.58. The molecule has 1 heterocycles. The Morgan fingerprint density at radius 2 is 2.16 bits per heavy atom. The van der Waals surface area contributed by atoms with Gasteiger partial charge in [0.05, 0.1) is 11.3 Å². The molecule has 1 aromatic heterocycles. The lowest BCUT2D eigenvalue weighted by molar-refractivity contribution is 0.0956. The van der Waals surface area contributed by atoms with Gasteiger partial charge in [0.15, 0.2) is 0 Å². The molecule has 0 aliphatic rings. The van der Waals surface area contributed by atoms with Gasteiger partial charge in [-0.25, -0.2) is 18.1 Å². The Labute approximate surface area is 112 Å². The molecule has 0 saturated carbocycles. The Balaban J connectivity index is 2.64. The van der Waals surface area contributed by atoms with Crippen LogP contribution in [0.2, 0.25) is 0 Å². The van der Waals surface area contributed by atoms with Crippen molar-refractivity contribution in [2.45, 2.75) is 6.92 Å². The fourth-order valence-electron chi connectivity index (χ4n) is 1.39. The topological polar surface area (TPSA) is 100 Å². The van der Waals surface area contributed by atoms with Gasteiger partial charge in [-0.15, -0.1) is 0 Å². The quantitative estimate of drug-likeness (QED) is 0.644. The van der Waals surface area contributed by atoms with Crippen molar-refractivity contribution in [3.63, 3.8) is 0 Å². The highest BCUT2D eigenvalue weighted by molar-refractivity contribution is 7.89. The summed E-state index contributed by atoms with van der Waals surface area (Å²) < 4.78 is 24.6. The maximum absolute atomic E-state index is 11.9. The first-order valence-corrected chi connectivity index (χ1v) is 7.53. The van der Waals surface area contributed by atoms with Crippen molar-refractivity contribution in [1.29, 1.82) is 0 Å². The van der Waals surface area contributed by atoms with Crippen LogP contribution in [0, 0.1) is 0 Å². The number of nitrogens with zero attached hydrogens (tertiary/aromatic N) is 1. The lowest BCUT2D eigenvalue weighted by Crippen LogP contribution is -2.33. The number of nitrogens with one attached hydrogen (secondary N) is 3. The van der Waals surface area contributed by atoms with E-state index in [9.17, 15) is 13.2 Å². The van der Waals surface area contributed by atoms with E-state index in [1.807, 2.05) is 6.92 Å². The van der Waals surface area contributed by atoms with Crippen molar-refractivity contribution in [1.82, 2.24) is 15.0 Å². The number of pyridine rings is 1. The van der Waals surface area contributed by atoms with Gasteiger partial charge < -0.3 is 10.6 Å². The number of amides is 1. The first-order valence-electron chi connectivity index (χ1n) is 5.88. The molecule has 106 valence electrons. The summed E-state index contributed by atoms with van der Waals surface area (Å²) in [5.74, 6) is -0.0270. The van der Waals surface area contributed by atoms with Crippen molar-refractivity contribution < 1.29 is 13.2 Å². The number of hydrogen-bond donors (Lipinski definition) is 3. The zero-order chi connectivity index (χ0) is 14.3. The SMILES string of the molecule is CCNc1ncccc1C(=O)NCCS(=O)(=O)NC. The highest BCUT2D eigenvalue weighted by Crippen LogP contribution is 2.10. The summed E-state index contributed by atoms with van der Waals surface area (Å²) >= 11 is 0. The Morgan fingerprint density at radius 3 is 2.79 bits per heavy atom. The van der Waals surface area contributed by atoms with E-state index in [4.69, 9.17) is 0 Å². The molecule has 1 aromatic rings.